The molecule has 6 nitrogen and oxygen atoms in total. The molecule has 0 spiro atoms. The lowest BCUT2D eigenvalue weighted by Gasteiger charge is -2.30. The van der Waals surface area contributed by atoms with Gasteiger partial charge in [0.15, 0.2) is 0 Å². The van der Waals surface area contributed by atoms with Crippen molar-refractivity contribution in [2.45, 2.75) is 32.4 Å². The lowest BCUT2D eigenvalue weighted by molar-refractivity contribution is -0.384. The van der Waals surface area contributed by atoms with Crippen molar-refractivity contribution < 1.29 is 14.8 Å². The highest BCUT2D eigenvalue weighted by atomic mass is 16.6. The summed E-state index contributed by atoms with van der Waals surface area (Å²) in [6.07, 6.45) is -0.664. The molecule has 0 aliphatic heterocycles. The van der Waals surface area contributed by atoms with Crippen LogP contribution in [0.2, 0.25) is 0 Å². The third-order valence-corrected chi connectivity index (χ3v) is 2.90. The quantitative estimate of drug-likeness (QED) is 0.621. The fraction of sp³-hybridized carbons (Fsp3) is 0.500. The normalized spacial score (nSPS) is 12.9. The first-order valence-electron chi connectivity index (χ1n) is 5.56. The summed E-state index contributed by atoms with van der Waals surface area (Å²) in [6.45, 7) is 5.15. The van der Waals surface area contributed by atoms with Crippen LogP contribution in [0.15, 0.2) is 18.2 Å². The van der Waals surface area contributed by atoms with Crippen molar-refractivity contribution in [3.8, 4) is 5.75 Å². The molecule has 1 unspecified atom stereocenters. The maximum Gasteiger partial charge on any atom is 0.292 e. The lowest BCUT2D eigenvalue weighted by atomic mass is 9.98. The maximum atomic E-state index is 10.9. The molecule has 0 radical (unpaired) electrons. The van der Waals surface area contributed by atoms with E-state index in [1.165, 1.54) is 19.2 Å². The van der Waals surface area contributed by atoms with Gasteiger partial charge in [0.25, 0.3) is 5.69 Å². The van der Waals surface area contributed by atoms with Gasteiger partial charge in [-0.25, -0.2) is 0 Å². The molecule has 1 atom stereocenters. The molecule has 0 fully saturated rings. The van der Waals surface area contributed by atoms with Crippen LogP contribution in [0.3, 0.4) is 0 Å². The van der Waals surface area contributed by atoms with Crippen LogP contribution < -0.4 is 10.1 Å². The van der Waals surface area contributed by atoms with Crippen LogP contribution in [0.5, 0.6) is 5.75 Å². The molecule has 0 aliphatic carbocycles. The molecule has 6 heteroatoms. The summed E-state index contributed by atoms with van der Waals surface area (Å²) < 4.78 is 5.04. The zero-order valence-electron chi connectivity index (χ0n) is 10.9. The van der Waals surface area contributed by atoms with Crippen LogP contribution in [0, 0.1) is 10.1 Å². The number of nitro benzene ring substituents is 1. The zero-order valence-corrected chi connectivity index (χ0v) is 10.9. The van der Waals surface area contributed by atoms with Crippen molar-refractivity contribution in [1.29, 1.82) is 0 Å². The first-order valence-corrected chi connectivity index (χ1v) is 5.56. The Kier molecular flexibility index (Phi) is 4.13. The van der Waals surface area contributed by atoms with Crippen molar-refractivity contribution in [3.05, 3.63) is 28.3 Å². The number of aliphatic hydroxyl groups is 1. The van der Waals surface area contributed by atoms with Crippen molar-refractivity contribution in [3.63, 3.8) is 0 Å². The second-order valence-corrected chi connectivity index (χ2v) is 4.66. The molecule has 0 aromatic heterocycles. The molecule has 0 heterocycles. The molecule has 0 bridgehead atoms. The van der Waals surface area contributed by atoms with Gasteiger partial charge in [0, 0.05) is 12.1 Å². The Morgan fingerprint density at radius 2 is 2.11 bits per heavy atom. The zero-order chi connectivity index (χ0) is 13.9. The molecular formula is C12H18N2O4. The molecule has 1 aromatic carbocycles. The molecule has 1 aromatic rings. The van der Waals surface area contributed by atoms with E-state index in [2.05, 4.69) is 5.32 Å². The Bertz CT molecular complexity index is 444. The van der Waals surface area contributed by atoms with Crippen LogP contribution in [0.1, 0.15) is 20.8 Å². The van der Waals surface area contributed by atoms with E-state index < -0.39 is 16.6 Å². The molecule has 0 saturated carbocycles. The van der Waals surface area contributed by atoms with Crippen LogP contribution in [0.25, 0.3) is 0 Å². The lowest BCUT2D eigenvalue weighted by Crippen LogP contribution is -2.42. The molecule has 18 heavy (non-hydrogen) atoms. The molecule has 2 N–H and O–H groups in total. The highest BCUT2D eigenvalue weighted by Gasteiger charge is 2.27. The minimum absolute atomic E-state index is 0.0514. The minimum Gasteiger partial charge on any atom is -0.497 e. The van der Waals surface area contributed by atoms with E-state index in [1.54, 1.807) is 26.8 Å². The van der Waals surface area contributed by atoms with Crippen LogP contribution in [-0.2, 0) is 0 Å². The minimum atomic E-state index is -0.683. The van der Waals surface area contributed by atoms with Crippen molar-refractivity contribution in [2.75, 3.05) is 12.4 Å². The molecular weight excluding hydrogens is 236 g/mol. The third kappa shape index (κ3) is 3.10. The van der Waals surface area contributed by atoms with Gasteiger partial charge in [-0.2, -0.15) is 0 Å². The summed E-state index contributed by atoms with van der Waals surface area (Å²) >= 11 is 0. The Morgan fingerprint density at radius 3 is 2.56 bits per heavy atom. The number of benzene rings is 1. The first-order chi connectivity index (χ1) is 8.27. The van der Waals surface area contributed by atoms with Crippen LogP contribution in [0.4, 0.5) is 11.4 Å². The Labute approximate surface area is 106 Å². The van der Waals surface area contributed by atoms with Gasteiger partial charge in [-0.15, -0.1) is 0 Å². The summed E-state index contributed by atoms with van der Waals surface area (Å²) in [5, 5.41) is 23.5. The number of anilines is 1. The van der Waals surface area contributed by atoms with Gasteiger partial charge < -0.3 is 15.2 Å². The Morgan fingerprint density at radius 1 is 1.50 bits per heavy atom. The summed E-state index contributed by atoms with van der Waals surface area (Å²) in [4.78, 5) is 10.5. The van der Waals surface area contributed by atoms with E-state index in [-0.39, 0.29) is 5.69 Å². The summed E-state index contributed by atoms with van der Waals surface area (Å²) in [5.41, 5.74) is -0.410. The average Bonchev–Trinajstić information content (AvgIpc) is 2.27. The van der Waals surface area contributed by atoms with E-state index in [9.17, 15) is 15.2 Å². The second-order valence-electron chi connectivity index (χ2n) is 4.66. The predicted molar refractivity (Wildman–Crippen MR) is 69.0 cm³/mol. The van der Waals surface area contributed by atoms with Gasteiger partial charge in [-0.1, -0.05) is 0 Å². The summed E-state index contributed by atoms with van der Waals surface area (Å²) in [5.74, 6) is 0.518. The smallest absolute Gasteiger partial charge is 0.292 e. The molecule has 100 valence electrons. The highest BCUT2D eigenvalue weighted by molar-refractivity contribution is 5.65. The number of nitrogens with one attached hydrogen (secondary N) is 1. The number of hydrogen-bond donors (Lipinski definition) is 2. The topological polar surface area (TPSA) is 84.6 Å². The van der Waals surface area contributed by atoms with Gasteiger partial charge >= 0.3 is 0 Å². The monoisotopic (exact) mass is 254 g/mol. The van der Waals surface area contributed by atoms with Gasteiger partial charge in [0.05, 0.1) is 23.7 Å². The van der Waals surface area contributed by atoms with Gasteiger partial charge in [-0.05, 0) is 26.8 Å². The standard InChI is InChI=1S/C12H18N2O4/c1-8(15)12(2,3)13-10-7-9(18-4)5-6-11(10)14(16)17/h5-8,13,15H,1-4H3. The van der Waals surface area contributed by atoms with E-state index >= 15 is 0 Å². The number of aliphatic hydroxyl groups excluding tert-OH is 1. The number of nitrogens with zero attached hydrogens (tertiary/aromatic N) is 1. The molecule has 0 amide bonds. The Hall–Kier alpha value is -1.82. The van der Waals surface area contributed by atoms with Gasteiger partial charge in [0.1, 0.15) is 11.4 Å². The number of methoxy groups -OCH3 is 1. The van der Waals surface area contributed by atoms with E-state index in [0.29, 0.717) is 11.4 Å². The highest BCUT2D eigenvalue weighted by Crippen LogP contribution is 2.31. The predicted octanol–water partition coefficient (Wildman–Crippen LogP) is 2.17. The van der Waals surface area contributed by atoms with Crippen molar-refractivity contribution >= 4 is 11.4 Å². The van der Waals surface area contributed by atoms with Crippen molar-refractivity contribution in [2.24, 2.45) is 0 Å². The third-order valence-electron chi connectivity index (χ3n) is 2.90. The maximum absolute atomic E-state index is 10.9. The molecule has 1 rings (SSSR count). The number of hydrogen-bond acceptors (Lipinski definition) is 5. The number of rotatable bonds is 5. The largest absolute Gasteiger partial charge is 0.497 e. The number of nitro groups is 1. The van der Waals surface area contributed by atoms with Crippen LogP contribution in [-0.4, -0.2) is 28.8 Å². The molecule has 0 aliphatic rings. The molecule has 0 saturated heterocycles. The number of ether oxygens (including phenoxy) is 1. The van der Waals surface area contributed by atoms with E-state index in [1.807, 2.05) is 0 Å². The Balaban J connectivity index is 3.16. The van der Waals surface area contributed by atoms with E-state index in [0.717, 1.165) is 0 Å². The average molecular weight is 254 g/mol. The SMILES string of the molecule is COc1ccc([N+](=O)[O-])c(NC(C)(C)C(C)O)c1. The summed E-state index contributed by atoms with van der Waals surface area (Å²) in [7, 11) is 1.49. The van der Waals surface area contributed by atoms with E-state index in [4.69, 9.17) is 4.74 Å². The van der Waals surface area contributed by atoms with Gasteiger partial charge in [-0.3, -0.25) is 10.1 Å². The fourth-order valence-corrected chi connectivity index (χ4v) is 1.35. The fourth-order valence-electron chi connectivity index (χ4n) is 1.35. The first kappa shape index (κ1) is 14.2. The second kappa shape index (κ2) is 5.22. The van der Waals surface area contributed by atoms with Crippen molar-refractivity contribution in [1.82, 2.24) is 0 Å². The van der Waals surface area contributed by atoms with Crippen LogP contribution >= 0.6 is 0 Å². The summed E-state index contributed by atoms with van der Waals surface area (Å²) in [6, 6.07) is 4.44. The van der Waals surface area contributed by atoms with Gasteiger partial charge in [0.2, 0.25) is 0 Å².